The molecule has 5 nitrogen and oxygen atoms in total. The first-order valence-electron chi connectivity index (χ1n) is 9.31. The van der Waals surface area contributed by atoms with Gasteiger partial charge in [-0.1, -0.05) is 12.1 Å². The molecular formula is C20H30F2N2O3. The highest BCUT2D eigenvalue weighted by atomic mass is 19.3. The zero-order chi connectivity index (χ0) is 20.2. The molecule has 27 heavy (non-hydrogen) atoms. The van der Waals surface area contributed by atoms with Crippen molar-refractivity contribution in [3.8, 4) is 5.75 Å². The number of piperidine rings is 1. The Bertz CT molecular complexity index is 609. The van der Waals surface area contributed by atoms with Gasteiger partial charge >= 0.3 is 12.7 Å². The summed E-state index contributed by atoms with van der Waals surface area (Å²) in [6.45, 7) is 6.58. The predicted octanol–water partition coefficient (Wildman–Crippen LogP) is 4.68. The number of carbonyl (C=O) groups excluding carboxylic acids is 1. The van der Waals surface area contributed by atoms with E-state index in [1.54, 1.807) is 24.1 Å². The molecule has 1 aromatic carbocycles. The molecule has 0 saturated carbocycles. The molecule has 1 fully saturated rings. The molecule has 1 heterocycles. The number of carbonyl (C=O) groups is 1. The number of alkyl halides is 2. The zero-order valence-corrected chi connectivity index (χ0v) is 16.7. The van der Waals surface area contributed by atoms with Crippen molar-refractivity contribution in [2.24, 2.45) is 0 Å². The van der Waals surface area contributed by atoms with Crippen molar-refractivity contribution in [3.05, 3.63) is 29.8 Å². The molecule has 0 aliphatic carbocycles. The van der Waals surface area contributed by atoms with Gasteiger partial charge in [-0.15, -0.1) is 0 Å². The lowest BCUT2D eigenvalue weighted by atomic mass is 9.99. The second-order valence-electron chi connectivity index (χ2n) is 7.98. The molecule has 1 amide bonds. The Kier molecular flexibility index (Phi) is 7.03. The molecule has 7 heteroatoms. The van der Waals surface area contributed by atoms with Crippen LogP contribution in [0.3, 0.4) is 0 Å². The number of ether oxygens (including phenoxy) is 2. The SMILES string of the molecule is CC(c1ccc(OC(F)F)cc1)N1CCC(N(C)C(=O)OC(C)(C)C)CC1. The third kappa shape index (κ3) is 6.34. The minimum absolute atomic E-state index is 0.158. The van der Waals surface area contributed by atoms with Crippen molar-refractivity contribution in [2.75, 3.05) is 20.1 Å². The van der Waals surface area contributed by atoms with Gasteiger partial charge in [0.1, 0.15) is 11.4 Å². The highest BCUT2D eigenvalue weighted by Crippen LogP contribution is 2.27. The molecule has 1 atom stereocenters. The van der Waals surface area contributed by atoms with Crippen molar-refractivity contribution in [1.82, 2.24) is 9.80 Å². The number of benzene rings is 1. The van der Waals surface area contributed by atoms with Crippen molar-refractivity contribution in [1.29, 1.82) is 0 Å². The van der Waals surface area contributed by atoms with Crippen molar-refractivity contribution in [2.45, 2.75) is 64.8 Å². The van der Waals surface area contributed by atoms with Gasteiger partial charge in [-0.25, -0.2) is 4.79 Å². The molecular weight excluding hydrogens is 354 g/mol. The Labute approximate surface area is 160 Å². The predicted molar refractivity (Wildman–Crippen MR) is 100 cm³/mol. The fraction of sp³-hybridized carbons (Fsp3) is 0.650. The number of hydrogen-bond donors (Lipinski definition) is 0. The molecule has 0 N–H and O–H groups in total. The van der Waals surface area contributed by atoms with Crippen LogP contribution in [0.2, 0.25) is 0 Å². The van der Waals surface area contributed by atoms with Crippen LogP contribution in [-0.4, -0.2) is 54.3 Å². The molecule has 2 rings (SSSR count). The van der Waals surface area contributed by atoms with E-state index >= 15 is 0 Å². The smallest absolute Gasteiger partial charge is 0.410 e. The van der Waals surface area contributed by atoms with E-state index < -0.39 is 12.2 Å². The summed E-state index contributed by atoms with van der Waals surface area (Å²) in [5, 5.41) is 0. The van der Waals surface area contributed by atoms with Crippen LogP contribution >= 0.6 is 0 Å². The van der Waals surface area contributed by atoms with Gasteiger partial charge in [0.2, 0.25) is 0 Å². The van der Waals surface area contributed by atoms with Crippen LogP contribution in [-0.2, 0) is 4.74 Å². The summed E-state index contributed by atoms with van der Waals surface area (Å²) in [4.78, 5) is 16.3. The molecule has 0 radical (unpaired) electrons. The van der Waals surface area contributed by atoms with Gasteiger partial charge in [0.05, 0.1) is 0 Å². The highest BCUT2D eigenvalue weighted by molar-refractivity contribution is 5.68. The van der Waals surface area contributed by atoms with E-state index in [2.05, 4.69) is 16.6 Å². The average molecular weight is 384 g/mol. The zero-order valence-electron chi connectivity index (χ0n) is 16.7. The average Bonchev–Trinajstić information content (AvgIpc) is 2.59. The van der Waals surface area contributed by atoms with Crippen LogP contribution in [0.25, 0.3) is 0 Å². The van der Waals surface area contributed by atoms with E-state index in [0.717, 1.165) is 31.5 Å². The molecule has 1 saturated heterocycles. The summed E-state index contributed by atoms with van der Waals surface area (Å²) < 4.78 is 34.3. The Morgan fingerprint density at radius 2 is 1.74 bits per heavy atom. The quantitative estimate of drug-likeness (QED) is 0.739. The van der Waals surface area contributed by atoms with E-state index in [4.69, 9.17) is 4.74 Å². The first-order chi connectivity index (χ1) is 12.6. The van der Waals surface area contributed by atoms with Crippen LogP contribution < -0.4 is 4.74 Å². The number of halogens is 2. The molecule has 1 unspecified atom stereocenters. The first-order valence-corrected chi connectivity index (χ1v) is 9.31. The molecule has 0 aromatic heterocycles. The van der Waals surface area contributed by atoms with Gasteiger partial charge in [0, 0.05) is 32.2 Å². The van der Waals surface area contributed by atoms with Gasteiger partial charge in [-0.2, -0.15) is 8.78 Å². The standard InChI is InChI=1S/C20H30F2N2O3/c1-14(15-6-8-17(9-7-15)26-18(21)22)24-12-10-16(11-13-24)23(5)19(25)27-20(2,3)4/h6-9,14,16,18H,10-13H2,1-5H3. The van der Waals surface area contributed by atoms with Crippen molar-refractivity contribution in [3.63, 3.8) is 0 Å². The third-order valence-corrected chi connectivity index (χ3v) is 4.86. The number of hydrogen-bond acceptors (Lipinski definition) is 4. The second kappa shape index (κ2) is 8.87. The summed E-state index contributed by atoms with van der Waals surface area (Å²) in [5.74, 6) is 0.165. The minimum atomic E-state index is -2.81. The normalized spacial score (nSPS) is 17.6. The summed E-state index contributed by atoms with van der Waals surface area (Å²) in [6, 6.07) is 7.11. The van der Waals surface area contributed by atoms with Crippen molar-refractivity contribution >= 4 is 6.09 Å². The summed E-state index contributed by atoms with van der Waals surface area (Å²) in [7, 11) is 1.79. The first kappa shape index (κ1) is 21.4. The highest BCUT2D eigenvalue weighted by Gasteiger charge is 2.30. The molecule has 1 aliphatic heterocycles. The Hall–Kier alpha value is -1.89. The fourth-order valence-electron chi connectivity index (χ4n) is 3.28. The van der Waals surface area contributed by atoms with E-state index in [0.29, 0.717) is 0 Å². The largest absolute Gasteiger partial charge is 0.444 e. The van der Waals surface area contributed by atoms with Crippen molar-refractivity contribution < 1.29 is 23.0 Å². The van der Waals surface area contributed by atoms with Gasteiger partial charge in [-0.05, 0) is 58.2 Å². The number of rotatable bonds is 5. The van der Waals surface area contributed by atoms with E-state index in [1.807, 2.05) is 32.9 Å². The maximum atomic E-state index is 12.3. The number of amides is 1. The number of nitrogens with zero attached hydrogens (tertiary/aromatic N) is 2. The van der Waals surface area contributed by atoms with Crippen LogP contribution in [0.15, 0.2) is 24.3 Å². The number of likely N-dealkylation sites (tertiary alicyclic amines) is 1. The maximum absolute atomic E-state index is 12.3. The Morgan fingerprint density at radius 3 is 2.22 bits per heavy atom. The van der Waals surface area contributed by atoms with Gasteiger partial charge < -0.3 is 14.4 Å². The van der Waals surface area contributed by atoms with Crippen LogP contribution in [0, 0.1) is 0 Å². The molecule has 0 spiro atoms. The van der Waals surface area contributed by atoms with Crippen LogP contribution in [0.5, 0.6) is 5.75 Å². The van der Waals surface area contributed by atoms with E-state index in [-0.39, 0.29) is 23.9 Å². The molecule has 1 aliphatic rings. The second-order valence-corrected chi connectivity index (χ2v) is 7.98. The van der Waals surface area contributed by atoms with E-state index in [9.17, 15) is 13.6 Å². The summed E-state index contributed by atoms with van der Waals surface area (Å²) in [6.07, 6.45) is 1.45. The Balaban J connectivity index is 1.88. The van der Waals surface area contributed by atoms with Gasteiger partial charge in [0.25, 0.3) is 0 Å². The topological polar surface area (TPSA) is 42.0 Å². The summed E-state index contributed by atoms with van der Waals surface area (Å²) in [5.41, 5.74) is 0.552. The minimum Gasteiger partial charge on any atom is -0.444 e. The fourth-order valence-corrected chi connectivity index (χ4v) is 3.28. The lowest BCUT2D eigenvalue weighted by molar-refractivity contribution is -0.0498. The van der Waals surface area contributed by atoms with Gasteiger partial charge in [0.15, 0.2) is 0 Å². The summed E-state index contributed by atoms with van der Waals surface area (Å²) >= 11 is 0. The molecule has 1 aromatic rings. The van der Waals surface area contributed by atoms with Crippen LogP contribution in [0.1, 0.15) is 52.1 Å². The van der Waals surface area contributed by atoms with E-state index in [1.165, 1.54) is 0 Å². The maximum Gasteiger partial charge on any atom is 0.410 e. The Morgan fingerprint density at radius 1 is 1.19 bits per heavy atom. The lowest BCUT2D eigenvalue weighted by Gasteiger charge is -2.39. The molecule has 0 bridgehead atoms. The van der Waals surface area contributed by atoms with Gasteiger partial charge in [-0.3, -0.25) is 4.90 Å². The lowest BCUT2D eigenvalue weighted by Crippen LogP contribution is -2.47. The third-order valence-electron chi connectivity index (χ3n) is 4.86. The molecule has 152 valence electrons. The monoisotopic (exact) mass is 384 g/mol. The van der Waals surface area contributed by atoms with Crippen LogP contribution in [0.4, 0.5) is 13.6 Å².